The molecule has 0 aliphatic rings. The van der Waals surface area contributed by atoms with Crippen molar-refractivity contribution in [1.82, 2.24) is 4.98 Å². The Balaban J connectivity index is 2.96. The summed E-state index contributed by atoms with van der Waals surface area (Å²) in [6, 6.07) is 3.84. The molecule has 0 amide bonds. The molecule has 0 atom stereocenters. The van der Waals surface area contributed by atoms with Crippen molar-refractivity contribution < 1.29 is 4.74 Å². The Morgan fingerprint density at radius 3 is 2.72 bits per heavy atom. The second kappa shape index (κ2) is 5.12. The second-order valence-electron chi connectivity index (χ2n) is 4.03. The summed E-state index contributed by atoms with van der Waals surface area (Å²) in [6.07, 6.45) is 0.861. The van der Waals surface area contributed by atoms with Crippen molar-refractivity contribution in [3.8, 4) is 5.75 Å². The van der Waals surface area contributed by atoms with E-state index in [1.54, 1.807) is 7.11 Å². The molecule has 0 spiro atoms. The Kier molecular flexibility index (Phi) is 3.73. The summed E-state index contributed by atoms with van der Waals surface area (Å²) in [5, 5.41) is 0.907. The lowest BCUT2D eigenvalue weighted by Gasteiger charge is -2.16. The Morgan fingerprint density at radius 1 is 1.44 bits per heavy atom. The van der Waals surface area contributed by atoms with Crippen LogP contribution in [0.2, 0.25) is 0 Å². The highest BCUT2D eigenvalue weighted by Crippen LogP contribution is 2.38. The summed E-state index contributed by atoms with van der Waals surface area (Å²) in [4.78, 5) is 4.69. The maximum absolute atomic E-state index is 5.67. The number of methoxy groups -OCH3 is 1. The quantitative estimate of drug-likeness (QED) is 0.675. The molecule has 5 heteroatoms. The molecule has 0 aliphatic heterocycles. The molecule has 0 saturated carbocycles. The zero-order valence-electron chi connectivity index (χ0n) is 10.7. The summed E-state index contributed by atoms with van der Waals surface area (Å²) in [5.74, 6) is 6.43. The third-order valence-corrected chi connectivity index (χ3v) is 3.73. The first-order chi connectivity index (χ1) is 8.63. The van der Waals surface area contributed by atoms with Crippen LogP contribution in [0.25, 0.3) is 10.9 Å². The molecule has 3 N–H and O–H groups in total. The number of anilines is 1. The van der Waals surface area contributed by atoms with Gasteiger partial charge in [-0.2, -0.15) is 0 Å². The highest BCUT2D eigenvalue weighted by atomic mass is 79.9. The van der Waals surface area contributed by atoms with Crippen molar-refractivity contribution in [3.63, 3.8) is 0 Å². The van der Waals surface area contributed by atoms with Gasteiger partial charge in [0.25, 0.3) is 0 Å². The average Bonchev–Trinajstić information content (AvgIpc) is 2.39. The van der Waals surface area contributed by atoms with Crippen LogP contribution in [-0.4, -0.2) is 12.1 Å². The van der Waals surface area contributed by atoms with Gasteiger partial charge < -0.3 is 10.2 Å². The topological polar surface area (TPSA) is 60.2 Å². The summed E-state index contributed by atoms with van der Waals surface area (Å²) in [6.45, 7) is 4.09. The lowest BCUT2D eigenvalue weighted by Crippen LogP contribution is -2.11. The summed E-state index contributed by atoms with van der Waals surface area (Å²) in [7, 11) is 1.64. The molecule has 2 rings (SSSR count). The van der Waals surface area contributed by atoms with Gasteiger partial charge in [0.15, 0.2) is 0 Å². The molecule has 0 fully saturated rings. The molecule has 0 saturated heterocycles. The van der Waals surface area contributed by atoms with Gasteiger partial charge >= 0.3 is 0 Å². The predicted octanol–water partition coefficient (Wildman–Crippen LogP) is 3.16. The molecule has 96 valence electrons. The number of nitrogen functional groups attached to an aromatic ring is 1. The molecule has 0 unspecified atom stereocenters. The van der Waals surface area contributed by atoms with Gasteiger partial charge in [-0.15, -0.1) is 0 Å². The van der Waals surface area contributed by atoms with Crippen molar-refractivity contribution in [2.24, 2.45) is 5.84 Å². The van der Waals surface area contributed by atoms with E-state index < -0.39 is 0 Å². The average molecular weight is 310 g/mol. The van der Waals surface area contributed by atoms with Crippen LogP contribution < -0.4 is 16.0 Å². The Hall–Kier alpha value is -1.33. The van der Waals surface area contributed by atoms with Crippen LogP contribution in [0.5, 0.6) is 5.75 Å². The van der Waals surface area contributed by atoms with Crippen LogP contribution in [-0.2, 0) is 6.42 Å². The van der Waals surface area contributed by atoms with Crippen molar-refractivity contribution in [2.45, 2.75) is 20.3 Å². The number of nitrogens with one attached hydrogen (secondary N) is 1. The number of nitrogens with zero attached hydrogens (tertiary/aromatic N) is 1. The van der Waals surface area contributed by atoms with Gasteiger partial charge in [0.2, 0.25) is 0 Å². The van der Waals surface area contributed by atoms with Crippen molar-refractivity contribution in [1.29, 1.82) is 0 Å². The maximum Gasteiger partial charge on any atom is 0.130 e. The third-order valence-electron chi connectivity index (χ3n) is 3.09. The second-order valence-corrected chi connectivity index (χ2v) is 4.88. The van der Waals surface area contributed by atoms with Crippen molar-refractivity contribution in [3.05, 3.63) is 27.9 Å². The number of hydrogen-bond donors (Lipinski definition) is 2. The standard InChI is InChI=1S/C13H16BrN3O/c1-4-9-7(2)12(17-15)11-10(18-3)6-5-8(14)13(11)16-9/h5-6H,4,15H2,1-3H3,(H,16,17). The van der Waals surface area contributed by atoms with Crippen LogP contribution in [0.15, 0.2) is 16.6 Å². The first-order valence-electron chi connectivity index (χ1n) is 5.76. The minimum absolute atomic E-state index is 0.763. The lowest BCUT2D eigenvalue weighted by molar-refractivity contribution is 0.420. The number of aromatic nitrogens is 1. The fraction of sp³-hybridized carbons (Fsp3) is 0.308. The smallest absolute Gasteiger partial charge is 0.130 e. The molecule has 0 radical (unpaired) electrons. The van der Waals surface area contributed by atoms with E-state index >= 15 is 0 Å². The number of fused-ring (bicyclic) bond motifs is 1. The maximum atomic E-state index is 5.67. The zero-order valence-corrected chi connectivity index (χ0v) is 12.3. The molecule has 1 aromatic heterocycles. The first kappa shape index (κ1) is 13.1. The summed E-state index contributed by atoms with van der Waals surface area (Å²) >= 11 is 3.52. The molecule has 4 nitrogen and oxygen atoms in total. The van der Waals surface area contributed by atoms with Gasteiger partial charge in [-0.05, 0) is 47.0 Å². The molecular formula is C13H16BrN3O. The molecule has 1 aromatic carbocycles. The zero-order chi connectivity index (χ0) is 13.3. The Morgan fingerprint density at radius 2 is 2.17 bits per heavy atom. The molecular weight excluding hydrogens is 294 g/mol. The number of aryl methyl sites for hydroxylation is 1. The van der Waals surface area contributed by atoms with Gasteiger partial charge in [0, 0.05) is 10.2 Å². The number of benzene rings is 1. The monoisotopic (exact) mass is 309 g/mol. The number of nitrogens with two attached hydrogens (primary N) is 1. The van der Waals surface area contributed by atoms with Crippen molar-refractivity contribution in [2.75, 3.05) is 12.5 Å². The fourth-order valence-corrected chi connectivity index (χ4v) is 2.56. The van der Waals surface area contributed by atoms with E-state index in [4.69, 9.17) is 10.6 Å². The van der Waals surface area contributed by atoms with Gasteiger partial charge in [-0.25, -0.2) is 0 Å². The van der Waals surface area contributed by atoms with Crippen LogP contribution in [0, 0.1) is 6.92 Å². The fourth-order valence-electron chi connectivity index (χ4n) is 2.14. The Labute approximate surface area is 115 Å². The number of pyridine rings is 1. The van der Waals surface area contributed by atoms with Crippen LogP contribution in [0.3, 0.4) is 0 Å². The van der Waals surface area contributed by atoms with E-state index in [1.165, 1.54) is 0 Å². The highest BCUT2D eigenvalue weighted by molar-refractivity contribution is 9.10. The van der Waals surface area contributed by atoms with E-state index in [0.717, 1.165) is 44.5 Å². The van der Waals surface area contributed by atoms with Gasteiger partial charge in [0.05, 0.1) is 23.7 Å². The Bertz CT molecular complexity index is 599. The molecule has 2 aromatic rings. The highest BCUT2D eigenvalue weighted by Gasteiger charge is 2.15. The van der Waals surface area contributed by atoms with Crippen LogP contribution >= 0.6 is 15.9 Å². The number of rotatable bonds is 3. The number of hydrazine groups is 1. The molecule has 0 aliphatic carbocycles. The van der Waals surface area contributed by atoms with Crippen LogP contribution in [0.1, 0.15) is 18.2 Å². The minimum atomic E-state index is 0.763. The van der Waals surface area contributed by atoms with E-state index in [-0.39, 0.29) is 0 Å². The predicted molar refractivity (Wildman–Crippen MR) is 77.9 cm³/mol. The van der Waals surface area contributed by atoms with E-state index in [2.05, 4.69) is 33.3 Å². The van der Waals surface area contributed by atoms with Crippen LogP contribution in [0.4, 0.5) is 5.69 Å². The molecule has 18 heavy (non-hydrogen) atoms. The summed E-state index contributed by atoms with van der Waals surface area (Å²) < 4.78 is 6.33. The number of halogens is 1. The lowest BCUT2D eigenvalue weighted by atomic mass is 10.0. The SMILES string of the molecule is CCc1nc2c(Br)ccc(OC)c2c(NN)c1C. The number of ether oxygens (including phenoxy) is 1. The van der Waals surface area contributed by atoms with E-state index in [9.17, 15) is 0 Å². The van der Waals surface area contributed by atoms with E-state index in [0.29, 0.717) is 0 Å². The van der Waals surface area contributed by atoms with Gasteiger partial charge in [0.1, 0.15) is 5.75 Å². The van der Waals surface area contributed by atoms with E-state index in [1.807, 2.05) is 19.1 Å². The normalized spacial score (nSPS) is 10.7. The van der Waals surface area contributed by atoms with Gasteiger partial charge in [-0.3, -0.25) is 10.8 Å². The summed E-state index contributed by atoms with van der Waals surface area (Å²) in [5.41, 5.74) is 6.60. The molecule has 1 heterocycles. The molecule has 0 bridgehead atoms. The van der Waals surface area contributed by atoms with Crippen molar-refractivity contribution >= 4 is 32.5 Å². The largest absolute Gasteiger partial charge is 0.496 e. The minimum Gasteiger partial charge on any atom is -0.496 e. The van der Waals surface area contributed by atoms with Gasteiger partial charge in [-0.1, -0.05) is 6.92 Å². The third kappa shape index (κ3) is 1.93. The number of hydrogen-bond acceptors (Lipinski definition) is 4. The first-order valence-corrected chi connectivity index (χ1v) is 6.55.